The lowest BCUT2D eigenvalue weighted by Crippen LogP contribution is -2.56. The maximum absolute atomic E-state index is 11.1. The van der Waals surface area contributed by atoms with Crippen LogP contribution in [0.2, 0.25) is 0 Å². The van der Waals surface area contributed by atoms with E-state index in [0.717, 1.165) is 31.6 Å². The summed E-state index contributed by atoms with van der Waals surface area (Å²) in [6.07, 6.45) is 16.0. The zero-order valence-electron chi connectivity index (χ0n) is 23.3. The Morgan fingerprint density at radius 2 is 1.63 bits per heavy atom. The van der Waals surface area contributed by atoms with Gasteiger partial charge < -0.3 is 15.3 Å². The molecule has 4 N–H and O–H groups in total. The Bertz CT molecular complexity index is 670. The van der Waals surface area contributed by atoms with Gasteiger partial charge in [0.2, 0.25) is 12.3 Å². The molecule has 1 aliphatic heterocycles. The van der Waals surface area contributed by atoms with E-state index in [9.17, 15) is 4.79 Å². The van der Waals surface area contributed by atoms with Crippen molar-refractivity contribution in [2.24, 2.45) is 0 Å². The predicted molar refractivity (Wildman–Crippen MR) is 147 cm³/mol. The molecule has 0 saturated carbocycles. The van der Waals surface area contributed by atoms with Crippen molar-refractivity contribution >= 4 is 11.7 Å². The number of hydrogen-bond donors (Lipinski definition) is 4. The molecular formula is C28H54N5O2+. The molecule has 1 rings (SSSR count). The van der Waals surface area contributed by atoms with E-state index in [2.05, 4.69) is 60.5 Å². The fourth-order valence-corrected chi connectivity index (χ4v) is 4.61. The zero-order valence-corrected chi connectivity index (χ0v) is 23.3. The van der Waals surface area contributed by atoms with Crippen molar-refractivity contribution in [2.45, 2.75) is 130 Å². The quantitative estimate of drug-likeness (QED) is 0.0877. The monoisotopic (exact) mass is 492 g/mol. The maximum Gasteiger partial charge on any atom is 0.369 e. The van der Waals surface area contributed by atoms with E-state index in [1.165, 1.54) is 64.2 Å². The average molecular weight is 493 g/mol. The Morgan fingerprint density at radius 3 is 2.23 bits per heavy atom. The highest BCUT2D eigenvalue weighted by atomic mass is 16.4. The minimum Gasteiger partial charge on any atom is -0.477 e. The van der Waals surface area contributed by atoms with E-state index in [1.54, 1.807) is 0 Å². The molecule has 0 aliphatic carbocycles. The van der Waals surface area contributed by atoms with Crippen LogP contribution >= 0.6 is 0 Å². The molecule has 3 unspecified atom stereocenters. The first kappa shape index (κ1) is 31.4. The molecule has 0 fully saturated rings. The van der Waals surface area contributed by atoms with E-state index in [4.69, 9.17) is 5.11 Å². The first-order chi connectivity index (χ1) is 16.9. The lowest BCUT2D eigenvalue weighted by molar-refractivity contribution is -0.518. The zero-order chi connectivity index (χ0) is 25.9. The van der Waals surface area contributed by atoms with Crippen LogP contribution < -0.4 is 16.0 Å². The van der Waals surface area contributed by atoms with Gasteiger partial charge in [0.1, 0.15) is 6.54 Å². The van der Waals surface area contributed by atoms with E-state index < -0.39 is 5.97 Å². The summed E-state index contributed by atoms with van der Waals surface area (Å²) >= 11 is 0. The second-order valence-electron chi connectivity index (χ2n) is 10.0. The smallest absolute Gasteiger partial charge is 0.369 e. The fourth-order valence-electron chi connectivity index (χ4n) is 4.61. The summed E-state index contributed by atoms with van der Waals surface area (Å²) in [5.41, 5.74) is 0.822. The van der Waals surface area contributed by atoms with E-state index >= 15 is 0 Å². The van der Waals surface area contributed by atoms with Crippen molar-refractivity contribution in [1.29, 1.82) is 0 Å². The van der Waals surface area contributed by atoms with Crippen LogP contribution in [-0.2, 0) is 4.79 Å². The minimum absolute atomic E-state index is 0.0148. The topological polar surface area (TPSA) is 79.6 Å². The minimum atomic E-state index is -0.813. The van der Waals surface area contributed by atoms with Crippen molar-refractivity contribution in [3.63, 3.8) is 0 Å². The molecule has 7 heteroatoms. The van der Waals surface area contributed by atoms with Crippen LogP contribution in [0.1, 0.15) is 112 Å². The standard InChI is InChI=1S/C28H53N5O2/c1-6-8-9-10-11-12-13-14-15-16-19-29-25(4)30-26(5)31-27(7-2)32-20-17-21-33(23-28(34)35)24(3)18-22-32/h25-27,29-31H,6-17,19-21,23H2,1-5H3/p+1. The number of carbonyl (C=O) groups is 1. The van der Waals surface area contributed by atoms with Crippen LogP contribution in [0.15, 0.2) is 0 Å². The molecule has 0 aromatic heterocycles. The second-order valence-corrected chi connectivity index (χ2v) is 10.0. The SMILES string of the molecule is CCCCCCCCCCCCNC(C)NC(C)NC(CC)N1C#CC(C)=[N+](CC(=O)O)CCC1. The molecule has 0 saturated heterocycles. The van der Waals surface area contributed by atoms with Gasteiger partial charge in [-0.25, -0.2) is 9.37 Å². The van der Waals surface area contributed by atoms with Crippen LogP contribution in [-0.4, -0.2) is 70.9 Å². The van der Waals surface area contributed by atoms with Crippen LogP contribution in [0, 0.1) is 12.0 Å². The molecule has 0 bridgehead atoms. The Kier molecular flexibility index (Phi) is 17.5. The number of unbranched alkanes of at least 4 members (excludes halogenated alkanes) is 9. The summed E-state index contributed by atoms with van der Waals surface area (Å²) in [6, 6.07) is 3.27. The van der Waals surface area contributed by atoms with Gasteiger partial charge in [-0.1, -0.05) is 71.6 Å². The lowest BCUT2D eigenvalue weighted by Gasteiger charge is -2.33. The van der Waals surface area contributed by atoms with Gasteiger partial charge in [0.05, 0.1) is 18.5 Å². The van der Waals surface area contributed by atoms with Crippen molar-refractivity contribution in [2.75, 3.05) is 26.2 Å². The van der Waals surface area contributed by atoms with Gasteiger partial charge in [-0.2, -0.15) is 0 Å². The van der Waals surface area contributed by atoms with Gasteiger partial charge in [-0.3, -0.25) is 10.6 Å². The number of carboxylic acids is 1. The summed E-state index contributed by atoms with van der Waals surface area (Å²) in [4.78, 5) is 13.2. The molecule has 1 heterocycles. The number of nitrogens with one attached hydrogen (secondary N) is 3. The van der Waals surface area contributed by atoms with Crippen molar-refractivity contribution in [3.05, 3.63) is 0 Å². The van der Waals surface area contributed by atoms with Gasteiger partial charge in [0.25, 0.3) is 0 Å². The number of rotatable bonds is 20. The highest BCUT2D eigenvalue weighted by Gasteiger charge is 2.21. The van der Waals surface area contributed by atoms with Crippen LogP contribution in [0.4, 0.5) is 0 Å². The number of carboxylic acid groups (broad SMARTS) is 1. The lowest BCUT2D eigenvalue weighted by atomic mass is 10.1. The molecule has 35 heavy (non-hydrogen) atoms. The van der Waals surface area contributed by atoms with Gasteiger partial charge >= 0.3 is 5.97 Å². The third-order valence-electron chi connectivity index (χ3n) is 6.69. The number of hydrogen-bond acceptors (Lipinski definition) is 5. The van der Waals surface area contributed by atoms with E-state index in [0.29, 0.717) is 6.54 Å². The molecule has 202 valence electrons. The molecule has 1 aliphatic rings. The number of aliphatic carboxylic acids is 1. The second kappa shape index (κ2) is 19.6. The van der Waals surface area contributed by atoms with Crippen molar-refractivity contribution in [1.82, 2.24) is 20.9 Å². The Morgan fingerprint density at radius 1 is 1.00 bits per heavy atom. The van der Waals surface area contributed by atoms with Gasteiger partial charge in [0, 0.05) is 31.9 Å². The summed E-state index contributed by atoms with van der Waals surface area (Å²) in [5, 5.41) is 20.0. The van der Waals surface area contributed by atoms with E-state index in [-0.39, 0.29) is 25.0 Å². The third kappa shape index (κ3) is 15.2. The molecule has 0 radical (unpaired) electrons. The average Bonchev–Trinajstić information content (AvgIpc) is 2.81. The van der Waals surface area contributed by atoms with Gasteiger partial charge in [-0.15, -0.1) is 0 Å². The first-order valence-corrected chi connectivity index (χ1v) is 14.2. The van der Waals surface area contributed by atoms with Gasteiger partial charge in [0.15, 0.2) is 0 Å². The summed E-state index contributed by atoms with van der Waals surface area (Å²) < 4.78 is 1.85. The normalized spacial score (nSPS) is 16.8. The van der Waals surface area contributed by atoms with Crippen LogP contribution in [0.25, 0.3) is 0 Å². The first-order valence-electron chi connectivity index (χ1n) is 14.2. The molecule has 3 atom stereocenters. The van der Waals surface area contributed by atoms with Crippen LogP contribution in [0.5, 0.6) is 0 Å². The summed E-state index contributed by atoms with van der Waals surface area (Å²) in [5.74, 6) is 2.35. The molecule has 0 aromatic rings. The highest BCUT2D eigenvalue weighted by Crippen LogP contribution is 2.10. The van der Waals surface area contributed by atoms with Crippen molar-refractivity contribution in [3.8, 4) is 12.0 Å². The number of nitrogens with zero attached hydrogens (tertiary/aromatic N) is 2. The Hall–Kier alpha value is -1.62. The largest absolute Gasteiger partial charge is 0.477 e. The summed E-state index contributed by atoms with van der Waals surface area (Å²) in [6.45, 7) is 13.3. The Balaban J connectivity index is 2.28. The van der Waals surface area contributed by atoms with Gasteiger partial charge in [-0.05, 0) is 33.2 Å². The highest BCUT2D eigenvalue weighted by molar-refractivity contribution is 5.94. The molecule has 0 spiro atoms. The van der Waals surface area contributed by atoms with Crippen molar-refractivity contribution < 1.29 is 14.5 Å². The maximum atomic E-state index is 11.1. The third-order valence-corrected chi connectivity index (χ3v) is 6.69. The van der Waals surface area contributed by atoms with E-state index in [1.807, 2.05) is 11.5 Å². The van der Waals surface area contributed by atoms with Crippen LogP contribution in [0.3, 0.4) is 0 Å². The predicted octanol–water partition coefficient (Wildman–Crippen LogP) is 4.33. The molecule has 0 amide bonds. The Labute approximate surface area is 215 Å². The molecule has 0 aromatic carbocycles. The fraction of sp³-hybridized carbons (Fsp3) is 0.857. The molecule has 7 nitrogen and oxygen atoms in total. The summed E-state index contributed by atoms with van der Waals surface area (Å²) in [7, 11) is 0. The molecular weight excluding hydrogens is 438 g/mol.